The molecular formula is C25H22N4OSSi. The number of pyridine rings is 1. The highest BCUT2D eigenvalue weighted by molar-refractivity contribution is 7.27. The summed E-state index contributed by atoms with van der Waals surface area (Å²) in [6.45, 7) is 10.9. The number of nitrogens with zero attached hydrogens (tertiary/aromatic N) is 4. The minimum Gasteiger partial charge on any atom is -0.454 e. The molecule has 0 unspecified atom stereocenters. The summed E-state index contributed by atoms with van der Waals surface area (Å²) in [6.07, 6.45) is 1.89. The molecule has 7 heteroatoms. The Kier molecular flexibility index (Phi) is 4.73. The molecule has 0 radical (unpaired) electrons. The van der Waals surface area contributed by atoms with Crippen LogP contribution in [0.3, 0.4) is 0 Å². The molecule has 5 nitrogen and oxygen atoms in total. The van der Waals surface area contributed by atoms with Crippen LogP contribution in [-0.2, 0) is 0 Å². The van der Waals surface area contributed by atoms with Gasteiger partial charge in [-0.1, -0.05) is 31.8 Å². The Labute approximate surface area is 191 Å². The predicted octanol–water partition coefficient (Wildman–Crippen LogP) is 6.20. The topological polar surface area (TPSA) is 75.6 Å². The second kappa shape index (κ2) is 7.36. The molecule has 0 fully saturated rings. The zero-order chi connectivity index (χ0) is 22.6. The molecule has 0 spiro atoms. The molecule has 0 aliphatic heterocycles. The molecule has 158 valence electrons. The number of fused-ring (bicyclic) bond motifs is 3. The highest BCUT2D eigenvalue weighted by Crippen LogP contribution is 2.39. The molecular weight excluding hydrogens is 432 g/mol. The van der Waals surface area contributed by atoms with Crippen LogP contribution in [0, 0.1) is 25.2 Å². The average Bonchev–Trinajstić information content (AvgIpc) is 3.40. The lowest BCUT2D eigenvalue weighted by Gasteiger charge is -2.09. The van der Waals surface area contributed by atoms with Crippen LogP contribution in [0.2, 0.25) is 19.6 Å². The van der Waals surface area contributed by atoms with Crippen molar-refractivity contribution in [3.63, 3.8) is 0 Å². The molecule has 5 rings (SSSR count). The third kappa shape index (κ3) is 3.23. The maximum absolute atomic E-state index is 10.1. The molecule has 3 aromatic heterocycles. The minimum absolute atomic E-state index is 0.496. The van der Waals surface area contributed by atoms with E-state index < -0.39 is 8.07 Å². The normalized spacial score (nSPS) is 11.9. The Morgan fingerprint density at radius 1 is 0.938 bits per heavy atom. The number of rotatable bonds is 3. The lowest BCUT2D eigenvalue weighted by molar-refractivity contribution is 0.668. The highest BCUT2D eigenvalue weighted by atomic mass is 32.1. The van der Waals surface area contributed by atoms with Crippen LogP contribution in [0.25, 0.3) is 43.8 Å². The molecule has 3 heterocycles. The van der Waals surface area contributed by atoms with Crippen LogP contribution in [-0.4, -0.2) is 23.3 Å². The Hall–Kier alpha value is -3.34. The van der Waals surface area contributed by atoms with Gasteiger partial charge in [-0.2, -0.15) is 5.26 Å². The summed E-state index contributed by atoms with van der Waals surface area (Å²) in [5.41, 5.74) is 6.70. The summed E-state index contributed by atoms with van der Waals surface area (Å²) < 4.78 is 7.44. The van der Waals surface area contributed by atoms with Crippen LogP contribution in [0.4, 0.5) is 0 Å². The molecule has 32 heavy (non-hydrogen) atoms. The SMILES string of the molecule is Cc1cnc(-c2cccc3c2oc2c(C#N)c(-c4nnc([Si](C)(C)C)s4)ccc23)cc1C. The van der Waals surface area contributed by atoms with Gasteiger partial charge < -0.3 is 4.42 Å². The third-order valence-electron chi connectivity index (χ3n) is 5.72. The zero-order valence-electron chi connectivity index (χ0n) is 18.6. The lowest BCUT2D eigenvalue weighted by atomic mass is 10.0. The first-order valence-electron chi connectivity index (χ1n) is 10.4. The molecule has 0 aliphatic carbocycles. The largest absolute Gasteiger partial charge is 0.454 e. The van der Waals surface area contributed by atoms with E-state index in [-0.39, 0.29) is 0 Å². The average molecular weight is 455 g/mol. The van der Waals surface area contributed by atoms with Crippen LogP contribution >= 0.6 is 11.3 Å². The monoisotopic (exact) mass is 454 g/mol. The van der Waals surface area contributed by atoms with Gasteiger partial charge in [-0.05, 0) is 49.2 Å². The number of nitriles is 1. The second-order valence-corrected chi connectivity index (χ2v) is 15.4. The van der Waals surface area contributed by atoms with Gasteiger partial charge in [-0.15, -0.1) is 21.5 Å². The van der Waals surface area contributed by atoms with Crippen molar-refractivity contribution in [3.8, 4) is 27.9 Å². The van der Waals surface area contributed by atoms with Crippen molar-refractivity contribution in [2.75, 3.05) is 0 Å². The van der Waals surface area contributed by atoms with E-state index in [1.165, 1.54) is 5.56 Å². The number of hydrogen-bond acceptors (Lipinski definition) is 6. The number of furan rings is 1. The Morgan fingerprint density at radius 3 is 2.41 bits per heavy atom. The van der Waals surface area contributed by atoms with Gasteiger partial charge in [0, 0.05) is 28.1 Å². The summed E-state index contributed by atoms with van der Waals surface area (Å²) in [4.78, 5) is 4.63. The van der Waals surface area contributed by atoms with Gasteiger partial charge in [-0.25, -0.2) is 0 Å². The van der Waals surface area contributed by atoms with Gasteiger partial charge >= 0.3 is 0 Å². The molecule has 0 saturated carbocycles. The van der Waals surface area contributed by atoms with Crippen molar-refractivity contribution in [1.82, 2.24) is 15.2 Å². The molecule has 0 N–H and O–H groups in total. The molecule has 5 aromatic rings. The smallest absolute Gasteiger partial charge is 0.153 e. The summed E-state index contributed by atoms with van der Waals surface area (Å²) >= 11 is 1.58. The van der Waals surface area contributed by atoms with Crippen LogP contribution in [0.5, 0.6) is 0 Å². The molecule has 0 atom stereocenters. The Balaban J connectivity index is 1.75. The number of para-hydroxylation sites is 1. The quantitative estimate of drug-likeness (QED) is 0.303. The predicted molar refractivity (Wildman–Crippen MR) is 133 cm³/mol. The lowest BCUT2D eigenvalue weighted by Crippen LogP contribution is -2.37. The molecule has 2 aromatic carbocycles. The van der Waals surface area contributed by atoms with Gasteiger partial charge in [0.15, 0.2) is 5.58 Å². The van der Waals surface area contributed by atoms with Gasteiger partial charge in [0.25, 0.3) is 0 Å². The van der Waals surface area contributed by atoms with E-state index in [2.05, 4.69) is 60.8 Å². The first kappa shape index (κ1) is 20.6. The number of benzene rings is 2. The molecule has 0 saturated heterocycles. The van der Waals surface area contributed by atoms with E-state index in [1.807, 2.05) is 36.5 Å². The van der Waals surface area contributed by atoms with E-state index in [0.717, 1.165) is 48.4 Å². The summed E-state index contributed by atoms with van der Waals surface area (Å²) in [6, 6.07) is 14.5. The summed E-state index contributed by atoms with van der Waals surface area (Å²) in [5, 5.41) is 21.5. The molecule has 0 aliphatic rings. The van der Waals surface area contributed by atoms with Gasteiger partial charge in [0.2, 0.25) is 0 Å². The fourth-order valence-corrected chi connectivity index (χ4v) is 6.25. The van der Waals surface area contributed by atoms with Gasteiger partial charge in [0.05, 0.1) is 10.3 Å². The van der Waals surface area contributed by atoms with E-state index in [4.69, 9.17) is 4.42 Å². The fourth-order valence-electron chi connectivity index (χ4n) is 3.76. The van der Waals surface area contributed by atoms with Crippen LogP contribution in [0.1, 0.15) is 16.7 Å². The van der Waals surface area contributed by atoms with Crippen molar-refractivity contribution in [1.29, 1.82) is 5.26 Å². The van der Waals surface area contributed by atoms with E-state index in [9.17, 15) is 5.26 Å². The van der Waals surface area contributed by atoms with Crippen molar-refractivity contribution in [2.24, 2.45) is 0 Å². The molecule has 0 amide bonds. The first-order chi connectivity index (χ1) is 15.3. The third-order valence-corrected chi connectivity index (χ3v) is 10.0. The minimum atomic E-state index is -1.58. The van der Waals surface area contributed by atoms with Crippen LogP contribution < -0.4 is 4.63 Å². The van der Waals surface area contributed by atoms with Gasteiger partial charge in [-0.3, -0.25) is 4.98 Å². The Morgan fingerprint density at radius 2 is 1.72 bits per heavy atom. The maximum Gasteiger partial charge on any atom is 0.153 e. The van der Waals surface area contributed by atoms with Crippen molar-refractivity contribution in [2.45, 2.75) is 33.5 Å². The van der Waals surface area contributed by atoms with E-state index >= 15 is 0 Å². The van der Waals surface area contributed by atoms with Crippen molar-refractivity contribution < 1.29 is 4.42 Å². The number of aromatic nitrogens is 3. The second-order valence-electron chi connectivity index (χ2n) is 9.08. The van der Waals surface area contributed by atoms with E-state index in [0.29, 0.717) is 11.1 Å². The van der Waals surface area contributed by atoms with Crippen molar-refractivity contribution in [3.05, 3.63) is 59.3 Å². The summed E-state index contributed by atoms with van der Waals surface area (Å²) in [5.74, 6) is 0. The molecule has 0 bridgehead atoms. The zero-order valence-corrected chi connectivity index (χ0v) is 20.5. The fraction of sp³-hybridized carbons (Fsp3) is 0.200. The Bertz CT molecular complexity index is 1550. The van der Waals surface area contributed by atoms with Crippen LogP contribution in [0.15, 0.2) is 47.0 Å². The maximum atomic E-state index is 10.1. The number of hydrogen-bond donors (Lipinski definition) is 0. The standard InChI is InChI=1S/C25H22N4OSSi/c1-14-11-21(27-13-15(14)2)19-8-6-7-16-17-9-10-18(20(12-26)23(17)30-22(16)19)24-28-29-25(31-24)32(3,4)5/h6-11,13H,1-5H3. The highest BCUT2D eigenvalue weighted by Gasteiger charge is 2.25. The van der Waals surface area contributed by atoms with Gasteiger partial charge in [0.1, 0.15) is 30.3 Å². The first-order valence-corrected chi connectivity index (χ1v) is 14.8. The van der Waals surface area contributed by atoms with Crippen molar-refractivity contribution >= 4 is 46.0 Å². The van der Waals surface area contributed by atoms with E-state index in [1.54, 1.807) is 11.3 Å². The summed E-state index contributed by atoms with van der Waals surface area (Å²) in [7, 11) is -1.58. The number of aryl methyl sites for hydroxylation is 2.